The standard InChI is InChI=1S/C23H30N4O3/c1-18(28)23(10-5-7-19(17-23)29-2)30-16-6-11-26-12-14-27(15-13-26)22-20-8-3-4-9-21(20)24-25-22/h3-5,7-10H,6,11-17H2,1-2H3,(H,24,25). The van der Waals surface area contributed by atoms with E-state index in [2.05, 4.69) is 38.2 Å². The molecule has 2 aliphatic rings. The summed E-state index contributed by atoms with van der Waals surface area (Å²) < 4.78 is 11.4. The normalized spacial score (nSPS) is 22.3. The van der Waals surface area contributed by atoms with Gasteiger partial charge in [-0.15, -0.1) is 0 Å². The highest BCUT2D eigenvalue weighted by Gasteiger charge is 2.36. The van der Waals surface area contributed by atoms with Gasteiger partial charge in [-0.2, -0.15) is 5.10 Å². The van der Waals surface area contributed by atoms with E-state index in [1.54, 1.807) is 14.0 Å². The van der Waals surface area contributed by atoms with Crippen LogP contribution < -0.4 is 4.90 Å². The van der Waals surface area contributed by atoms with Crippen LogP contribution in [0.15, 0.2) is 48.3 Å². The van der Waals surface area contributed by atoms with Crippen LogP contribution in [0.3, 0.4) is 0 Å². The number of hydrogen-bond donors (Lipinski definition) is 1. The summed E-state index contributed by atoms with van der Waals surface area (Å²) in [6.45, 7) is 6.99. The first-order valence-corrected chi connectivity index (χ1v) is 10.6. The van der Waals surface area contributed by atoms with E-state index in [9.17, 15) is 4.79 Å². The number of aromatic nitrogens is 2. The number of piperazine rings is 1. The van der Waals surface area contributed by atoms with Crippen LogP contribution in [0.5, 0.6) is 0 Å². The van der Waals surface area contributed by atoms with Gasteiger partial charge in [0.2, 0.25) is 0 Å². The molecule has 4 rings (SSSR count). The van der Waals surface area contributed by atoms with Gasteiger partial charge in [0.15, 0.2) is 17.2 Å². The second-order valence-corrected chi connectivity index (χ2v) is 7.94. The van der Waals surface area contributed by atoms with Crippen LogP contribution in [-0.2, 0) is 14.3 Å². The molecule has 1 fully saturated rings. The molecule has 0 spiro atoms. The van der Waals surface area contributed by atoms with Crippen LogP contribution in [0.25, 0.3) is 10.9 Å². The summed E-state index contributed by atoms with van der Waals surface area (Å²) in [5, 5.41) is 8.82. The lowest BCUT2D eigenvalue weighted by Crippen LogP contribution is -2.47. The van der Waals surface area contributed by atoms with Crippen LogP contribution in [0.4, 0.5) is 5.82 Å². The maximum Gasteiger partial charge on any atom is 0.165 e. The van der Waals surface area contributed by atoms with Gasteiger partial charge < -0.3 is 14.4 Å². The van der Waals surface area contributed by atoms with E-state index in [0.29, 0.717) is 13.0 Å². The number of methoxy groups -OCH3 is 1. The fraction of sp³-hybridized carbons (Fsp3) is 0.478. The zero-order valence-corrected chi connectivity index (χ0v) is 17.8. The Morgan fingerprint density at radius 1 is 1.23 bits per heavy atom. The van der Waals surface area contributed by atoms with Crippen molar-refractivity contribution < 1.29 is 14.3 Å². The molecule has 0 amide bonds. The molecule has 7 nitrogen and oxygen atoms in total. The lowest BCUT2D eigenvalue weighted by atomic mass is 9.90. The van der Waals surface area contributed by atoms with Gasteiger partial charge in [0.05, 0.1) is 18.4 Å². The molecule has 1 aliphatic heterocycles. The number of hydrogen-bond acceptors (Lipinski definition) is 6. The van der Waals surface area contributed by atoms with Crippen LogP contribution in [0.1, 0.15) is 19.8 Å². The van der Waals surface area contributed by atoms with Crippen molar-refractivity contribution in [1.29, 1.82) is 0 Å². The molecule has 30 heavy (non-hydrogen) atoms. The van der Waals surface area contributed by atoms with Gasteiger partial charge in [0.1, 0.15) is 0 Å². The quantitative estimate of drug-likeness (QED) is 0.675. The fourth-order valence-electron chi connectivity index (χ4n) is 4.19. The highest BCUT2D eigenvalue weighted by Crippen LogP contribution is 2.29. The van der Waals surface area contributed by atoms with Crippen molar-refractivity contribution in [2.45, 2.75) is 25.4 Å². The van der Waals surface area contributed by atoms with Crippen molar-refractivity contribution in [2.24, 2.45) is 0 Å². The van der Waals surface area contributed by atoms with E-state index in [0.717, 1.165) is 56.2 Å². The van der Waals surface area contributed by atoms with E-state index in [1.165, 1.54) is 5.39 Å². The number of Topliss-reactive ketones (excluding diaryl/α,β-unsaturated/α-hetero) is 1. The average molecular weight is 411 g/mol. The molecule has 1 atom stereocenters. The number of anilines is 1. The molecule has 0 bridgehead atoms. The smallest absolute Gasteiger partial charge is 0.165 e. The molecule has 1 saturated heterocycles. The number of H-pyrrole nitrogens is 1. The van der Waals surface area contributed by atoms with Gasteiger partial charge in [-0.3, -0.25) is 14.8 Å². The molecular formula is C23H30N4O3. The molecular weight excluding hydrogens is 380 g/mol. The number of fused-ring (bicyclic) bond motifs is 1. The molecule has 1 aromatic heterocycles. The number of aromatic amines is 1. The van der Waals surface area contributed by atoms with Crippen molar-refractivity contribution in [3.63, 3.8) is 0 Å². The lowest BCUT2D eigenvalue weighted by Gasteiger charge is -2.35. The Morgan fingerprint density at radius 3 is 2.80 bits per heavy atom. The Morgan fingerprint density at radius 2 is 2.03 bits per heavy atom. The topological polar surface area (TPSA) is 70.7 Å². The van der Waals surface area contributed by atoms with Crippen LogP contribution in [0, 0.1) is 0 Å². The minimum absolute atomic E-state index is 0.0150. The number of carbonyl (C=O) groups is 1. The van der Waals surface area contributed by atoms with Crippen LogP contribution in [0.2, 0.25) is 0 Å². The summed E-state index contributed by atoms with van der Waals surface area (Å²) >= 11 is 0. The number of ether oxygens (including phenoxy) is 2. The molecule has 160 valence electrons. The Kier molecular flexibility index (Phi) is 6.20. The predicted octanol–water partition coefficient (Wildman–Crippen LogP) is 2.91. The number of rotatable bonds is 8. The number of nitrogens with one attached hydrogen (secondary N) is 1. The minimum Gasteiger partial charge on any atom is -0.501 e. The Labute approximate surface area is 177 Å². The van der Waals surface area contributed by atoms with Crippen LogP contribution >= 0.6 is 0 Å². The van der Waals surface area contributed by atoms with Crippen molar-refractivity contribution in [3.05, 3.63) is 48.3 Å². The third-order valence-electron chi connectivity index (χ3n) is 6.04. The molecule has 0 saturated carbocycles. The van der Waals surface area contributed by atoms with Gasteiger partial charge in [-0.05, 0) is 37.6 Å². The van der Waals surface area contributed by atoms with Crippen molar-refractivity contribution in [2.75, 3.05) is 51.3 Å². The summed E-state index contributed by atoms with van der Waals surface area (Å²) in [7, 11) is 1.63. The molecule has 7 heteroatoms. The molecule has 1 unspecified atom stereocenters. The number of allylic oxidation sites excluding steroid dienone is 2. The van der Waals surface area contributed by atoms with Crippen molar-refractivity contribution in [1.82, 2.24) is 15.1 Å². The first kappa shape index (κ1) is 20.6. The number of ketones is 1. The fourth-order valence-corrected chi connectivity index (χ4v) is 4.19. The van der Waals surface area contributed by atoms with E-state index in [1.807, 2.05) is 24.3 Å². The zero-order valence-electron chi connectivity index (χ0n) is 17.8. The Hall–Kier alpha value is -2.64. The predicted molar refractivity (Wildman–Crippen MR) is 118 cm³/mol. The van der Waals surface area contributed by atoms with E-state index < -0.39 is 5.60 Å². The highest BCUT2D eigenvalue weighted by molar-refractivity contribution is 5.90. The first-order valence-electron chi connectivity index (χ1n) is 10.6. The van der Waals surface area contributed by atoms with Gasteiger partial charge in [-0.25, -0.2) is 0 Å². The summed E-state index contributed by atoms with van der Waals surface area (Å²) in [5.74, 6) is 1.83. The number of nitrogens with zero attached hydrogens (tertiary/aromatic N) is 3. The molecule has 1 aromatic carbocycles. The van der Waals surface area contributed by atoms with Gasteiger partial charge in [0.25, 0.3) is 0 Å². The highest BCUT2D eigenvalue weighted by atomic mass is 16.5. The number of carbonyl (C=O) groups excluding carboxylic acids is 1. The van der Waals surface area contributed by atoms with E-state index >= 15 is 0 Å². The maximum atomic E-state index is 12.2. The summed E-state index contributed by atoms with van der Waals surface area (Å²) in [5.41, 5.74) is 0.189. The third-order valence-corrected chi connectivity index (χ3v) is 6.04. The molecule has 2 aromatic rings. The summed E-state index contributed by atoms with van der Waals surface area (Å²) in [6, 6.07) is 8.25. The second kappa shape index (κ2) is 9.02. The summed E-state index contributed by atoms with van der Waals surface area (Å²) in [4.78, 5) is 17.0. The minimum atomic E-state index is -0.889. The Balaban J connectivity index is 1.24. The number of benzene rings is 1. The molecule has 1 N–H and O–H groups in total. The monoisotopic (exact) mass is 410 g/mol. The van der Waals surface area contributed by atoms with Gasteiger partial charge >= 0.3 is 0 Å². The van der Waals surface area contributed by atoms with Crippen molar-refractivity contribution in [3.8, 4) is 0 Å². The number of para-hydroxylation sites is 1. The summed E-state index contributed by atoms with van der Waals surface area (Å²) in [6.07, 6.45) is 6.94. The van der Waals surface area contributed by atoms with Crippen LogP contribution in [-0.4, -0.2) is 72.9 Å². The largest absolute Gasteiger partial charge is 0.501 e. The molecule has 0 radical (unpaired) electrons. The lowest BCUT2D eigenvalue weighted by molar-refractivity contribution is -0.137. The second-order valence-electron chi connectivity index (χ2n) is 7.94. The Bertz CT molecular complexity index is 943. The third kappa shape index (κ3) is 4.27. The molecule has 2 heterocycles. The van der Waals surface area contributed by atoms with Gasteiger partial charge in [-0.1, -0.05) is 18.2 Å². The van der Waals surface area contributed by atoms with E-state index in [4.69, 9.17) is 9.47 Å². The zero-order chi connectivity index (χ0) is 21.0. The van der Waals surface area contributed by atoms with Gasteiger partial charge in [0, 0.05) is 51.1 Å². The van der Waals surface area contributed by atoms with E-state index in [-0.39, 0.29) is 5.78 Å². The molecule has 1 aliphatic carbocycles. The first-order chi connectivity index (χ1) is 14.6. The average Bonchev–Trinajstić information content (AvgIpc) is 3.21. The van der Waals surface area contributed by atoms with Crippen molar-refractivity contribution >= 4 is 22.5 Å². The SMILES string of the molecule is COC1=CC=CC(OCCCN2CCN(c3n[nH]c4ccccc34)CC2)(C(C)=O)C1. The maximum absolute atomic E-state index is 12.2.